The second-order valence-electron chi connectivity index (χ2n) is 1.10. The quantitative estimate of drug-likeness (QED) is 0.499. The van der Waals surface area contributed by atoms with Crippen molar-refractivity contribution in [3.8, 4) is 0 Å². The highest BCUT2D eigenvalue weighted by atomic mass is 35.5. The first kappa shape index (κ1) is 5.81. The molecule has 1 aliphatic heterocycles. The smallest absolute Gasteiger partial charge is 0.398 e. The van der Waals surface area contributed by atoms with Gasteiger partial charge in [0.1, 0.15) is 0 Å². The lowest BCUT2D eigenvalue weighted by molar-refractivity contribution is -0.400. The SMILES string of the molecule is O=C(Cl)OC1OCO1. The fourth-order valence-corrected chi connectivity index (χ4v) is 0.340. The molecule has 0 unspecified atom stereocenters. The Labute approximate surface area is 50.3 Å². The maximum absolute atomic E-state index is 9.83. The summed E-state index contributed by atoms with van der Waals surface area (Å²) in [7, 11) is 0. The highest BCUT2D eigenvalue weighted by molar-refractivity contribution is 6.61. The van der Waals surface area contributed by atoms with Gasteiger partial charge in [0.25, 0.3) is 0 Å². The van der Waals surface area contributed by atoms with E-state index in [9.17, 15) is 4.79 Å². The molecule has 1 aliphatic rings. The van der Waals surface area contributed by atoms with E-state index >= 15 is 0 Å². The highest BCUT2D eigenvalue weighted by Crippen LogP contribution is 2.08. The molecule has 1 rings (SSSR count). The van der Waals surface area contributed by atoms with E-state index in [4.69, 9.17) is 11.6 Å². The van der Waals surface area contributed by atoms with Gasteiger partial charge in [-0.1, -0.05) is 0 Å². The molecule has 8 heavy (non-hydrogen) atoms. The van der Waals surface area contributed by atoms with Crippen molar-refractivity contribution in [1.29, 1.82) is 0 Å². The van der Waals surface area contributed by atoms with Crippen molar-refractivity contribution in [3.63, 3.8) is 0 Å². The van der Waals surface area contributed by atoms with Crippen LogP contribution in [0.15, 0.2) is 0 Å². The Morgan fingerprint density at radius 1 is 1.75 bits per heavy atom. The zero-order chi connectivity index (χ0) is 5.98. The molecule has 0 aromatic rings. The van der Waals surface area contributed by atoms with Gasteiger partial charge in [0.05, 0.1) is 0 Å². The van der Waals surface area contributed by atoms with E-state index in [1.807, 2.05) is 0 Å². The lowest BCUT2D eigenvalue weighted by Crippen LogP contribution is -2.33. The Morgan fingerprint density at radius 2 is 2.38 bits per heavy atom. The molecule has 0 spiro atoms. The monoisotopic (exact) mass is 138 g/mol. The number of halogens is 1. The molecular formula is C3H3ClO4. The summed E-state index contributed by atoms with van der Waals surface area (Å²) in [6, 6.07) is 0. The minimum absolute atomic E-state index is 0.162. The molecular weight excluding hydrogens is 135 g/mol. The molecule has 0 aromatic carbocycles. The molecule has 0 aliphatic carbocycles. The summed E-state index contributed by atoms with van der Waals surface area (Å²) in [5.41, 5.74) is -0.922. The number of carbonyl (C=O) groups is 1. The second kappa shape index (κ2) is 2.30. The summed E-state index contributed by atoms with van der Waals surface area (Å²) in [6.07, 6.45) is 0. The Morgan fingerprint density at radius 3 is 2.50 bits per heavy atom. The Kier molecular flexibility index (Phi) is 1.67. The van der Waals surface area contributed by atoms with E-state index in [0.717, 1.165) is 0 Å². The minimum Gasteiger partial charge on any atom is -0.398 e. The van der Waals surface area contributed by atoms with Crippen molar-refractivity contribution in [2.24, 2.45) is 0 Å². The summed E-state index contributed by atoms with van der Waals surface area (Å²) >= 11 is 4.76. The van der Waals surface area contributed by atoms with Gasteiger partial charge >= 0.3 is 11.9 Å². The van der Waals surface area contributed by atoms with Crippen LogP contribution in [0.1, 0.15) is 0 Å². The normalized spacial score (nSPS) is 19.6. The summed E-state index contributed by atoms with van der Waals surface area (Å²) in [4.78, 5) is 9.83. The molecule has 0 atom stereocenters. The van der Waals surface area contributed by atoms with E-state index < -0.39 is 11.9 Å². The lowest BCUT2D eigenvalue weighted by atomic mass is 11.0. The molecule has 0 bridgehead atoms. The fourth-order valence-electron chi connectivity index (χ4n) is 0.267. The predicted octanol–water partition coefficient (Wildman–Crippen LogP) is 0.650. The summed E-state index contributed by atoms with van der Waals surface area (Å²) < 4.78 is 13.2. The van der Waals surface area contributed by atoms with Crippen LogP contribution in [0, 0.1) is 0 Å². The van der Waals surface area contributed by atoms with Gasteiger partial charge in [0.15, 0.2) is 6.79 Å². The zero-order valence-electron chi connectivity index (χ0n) is 3.80. The van der Waals surface area contributed by atoms with E-state index in [0.29, 0.717) is 0 Å². The van der Waals surface area contributed by atoms with Crippen molar-refractivity contribution >= 4 is 17.0 Å². The number of rotatable bonds is 1. The molecule has 1 heterocycles. The van der Waals surface area contributed by atoms with Crippen LogP contribution in [-0.4, -0.2) is 18.7 Å². The third kappa shape index (κ3) is 1.33. The van der Waals surface area contributed by atoms with Crippen molar-refractivity contribution in [1.82, 2.24) is 0 Å². The maximum atomic E-state index is 9.83. The molecule has 1 saturated heterocycles. The average molecular weight is 139 g/mol. The first-order valence-corrected chi connectivity index (χ1v) is 2.26. The maximum Gasteiger partial charge on any atom is 0.407 e. The van der Waals surface area contributed by atoms with E-state index in [2.05, 4.69) is 14.2 Å². The molecule has 0 amide bonds. The third-order valence-electron chi connectivity index (χ3n) is 0.597. The van der Waals surface area contributed by atoms with Crippen molar-refractivity contribution in [2.75, 3.05) is 6.79 Å². The standard InChI is InChI=1S/C3H3ClO4/c4-2(5)8-3-6-1-7-3/h3H,1H2. The van der Waals surface area contributed by atoms with Crippen molar-refractivity contribution in [2.45, 2.75) is 6.48 Å². The largest absolute Gasteiger partial charge is 0.407 e. The summed E-state index contributed by atoms with van der Waals surface area (Å²) in [5, 5.41) is 0. The van der Waals surface area contributed by atoms with Gasteiger partial charge in [0.2, 0.25) is 0 Å². The van der Waals surface area contributed by atoms with Gasteiger partial charge in [-0.15, -0.1) is 0 Å². The van der Waals surface area contributed by atoms with Crippen molar-refractivity contribution in [3.05, 3.63) is 0 Å². The number of hydrogen-bond donors (Lipinski definition) is 0. The Bertz CT molecular complexity index is 99.5. The molecule has 46 valence electrons. The summed E-state index contributed by atoms with van der Waals surface area (Å²) in [6.45, 7) is -0.713. The second-order valence-corrected chi connectivity index (χ2v) is 1.40. The topological polar surface area (TPSA) is 44.8 Å². The molecule has 1 fully saturated rings. The van der Waals surface area contributed by atoms with Crippen LogP contribution in [0.4, 0.5) is 4.79 Å². The summed E-state index contributed by atoms with van der Waals surface area (Å²) in [5.74, 6) is 0. The number of carbonyl (C=O) groups excluding carboxylic acids is 1. The van der Waals surface area contributed by atoms with Gasteiger partial charge in [-0.2, -0.15) is 0 Å². The van der Waals surface area contributed by atoms with Crippen LogP contribution in [0.25, 0.3) is 0 Å². The van der Waals surface area contributed by atoms with Gasteiger partial charge < -0.3 is 4.74 Å². The van der Waals surface area contributed by atoms with E-state index in [1.165, 1.54) is 0 Å². The first-order valence-electron chi connectivity index (χ1n) is 1.88. The molecule has 0 saturated carbocycles. The zero-order valence-corrected chi connectivity index (χ0v) is 4.55. The molecule has 5 heteroatoms. The highest BCUT2D eigenvalue weighted by Gasteiger charge is 2.21. The molecule has 0 N–H and O–H groups in total. The third-order valence-corrected chi connectivity index (χ3v) is 0.686. The van der Waals surface area contributed by atoms with Crippen LogP contribution in [-0.2, 0) is 14.2 Å². The van der Waals surface area contributed by atoms with Crippen LogP contribution >= 0.6 is 11.6 Å². The minimum atomic E-state index is -0.922. The van der Waals surface area contributed by atoms with Gasteiger partial charge in [-0.05, 0) is 0 Å². The molecule has 0 radical (unpaired) electrons. The van der Waals surface area contributed by atoms with E-state index in [1.54, 1.807) is 0 Å². The van der Waals surface area contributed by atoms with Crippen LogP contribution in [0.2, 0.25) is 0 Å². The first-order chi connectivity index (χ1) is 3.79. The average Bonchev–Trinajstić information content (AvgIpc) is 1.55. The number of ether oxygens (including phenoxy) is 3. The molecule has 4 nitrogen and oxygen atoms in total. The Hall–Kier alpha value is -0.320. The molecule has 0 aromatic heterocycles. The van der Waals surface area contributed by atoms with Crippen LogP contribution in [0.5, 0.6) is 0 Å². The number of hydrogen-bond acceptors (Lipinski definition) is 4. The Balaban J connectivity index is 2.09. The lowest BCUT2D eigenvalue weighted by Gasteiger charge is -2.23. The van der Waals surface area contributed by atoms with E-state index in [-0.39, 0.29) is 6.79 Å². The van der Waals surface area contributed by atoms with Crippen LogP contribution < -0.4 is 0 Å². The predicted molar refractivity (Wildman–Crippen MR) is 23.2 cm³/mol. The van der Waals surface area contributed by atoms with Gasteiger partial charge in [-0.25, -0.2) is 4.79 Å². The van der Waals surface area contributed by atoms with Crippen LogP contribution in [0.3, 0.4) is 0 Å². The fraction of sp³-hybridized carbons (Fsp3) is 0.667. The van der Waals surface area contributed by atoms with Crippen molar-refractivity contribution < 1.29 is 19.0 Å². The van der Waals surface area contributed by atoms with Gasteiger partial charge in [-0.3, -0.25) is 9.47 Å². The van der Waals surface area contributed by atoms with Gasteiger partial charge in [0, 0.05) is 11.6 Å².